The van der Waals surface area contributed by atoms with E-state index in [0.29, 0.717) is 22.9 Å². The van der Waals surface area contributed by atoms with Gasteiger partial charge in [0.05, 0.1) is 0 Å². The first-order valence-corrected chi connectivity index (χ1v) is 9.52. The van der Waals surface area contributed by atoms with Crippen LogP contribution in [0.5, 0.6) is 5.75 Å². The van der Waals surface area contributed by atoms with Crippen molar-refractivity contribution in [2.75, 3.05) is 11.9 Å². The topological polar surface area (TPSA) is 81.7 Å². The van der Waals surface area contributed by atoms with Crippen molar-refractivity contribution in [3.63, 3.8) is 0 Å². The maximum absolute atomic E-state index is 12.2. The van der Waals surface area contributed by atoms with E-state index in [1.807, 2.05) is 25.1 Å². The third-order valence-electron chi connectivity index (χ3n) is 4.46. The molecule has 1 amide bonds. The number of benzene rings is 2. The number of carbonyl (C=O) groups is 3. The number of hydrogen-bond acceptors (Lipinski definition) is 5. The first kappa shape index (κ1) is 22.1. The summed E-state index contributed by atoms with van der Waals surface area (Å²) >= 11 is 0. The van der Waals surface area contributed by atoms with Crippen molar-refractivity contribution < 1.29 is 23.9 Å². The van der Waals surface area contributed by atoms with Gasteiger partial charge >= 0.3 is 5.97 Å². The van der Waals surface area contributed by atoms with Crippen LogP contribution in [0.4, 0.5) is 5.69 Å². The second-order valence-corrected chi connectivity index (χ2v) is 7.22. The molecule has 2 aromatic rings. The fourth-order valence-corrected chi connectivity index (χ4v) is 2.58. The first-order valence-electron chi connectivity index (χ1n) is 9.52. The van der Waals surface area contributed by atoms with E-state index in [4.69, 9.17) is 9.47 Å². The minimum absolute atomic E-state index is 0.0562. The third kappa shape index (κ3) is 6.45. The zero-order valence-electron chi connectivity index (χ0n) is 17.4. The molecule has 0 saturated heterocycles. The standard InChI is InChI=1S/C23H27NO5/c1-14(2)19-7-6-15(3)21(12-19)28-13-22(26)29-17(5)23(27)24-20-10-8-18(9-11-20)16(4)25/h6-12,14,17H,13H2,1-5H3,(H,24,27)/t17-/m1/s1. The highest BCUT2D eigenvalue weighted by Gasteiger charge is 2.19. The smallest absolute Gasteiger partial charge is 0.344 e. The number of rotatable bonds is 8. The summed E-state index contributed by atoms with van der Waals surface area (Å²) in [4.78, 5) is 35.6. The van der Waals surface area contributed by atoms with Crippen LogP contribution in [0.2, 0.25) is 0 Å². The monoisotopic (exact) mass is 397 g/mol. The summed E-state index contributed by atoms with van der Waals surface area (Å²) in [5.74, 6) is -0.186. The van der Waals surface area contributed by atoms with Crippen LogP contribution in [0.25, 0.3) is 0 Å². The Bertz CT molecular complexity index is 887. The van der Waals surface area contributed by atoms with Gasteiger partial charge < -0.3 is 14.8 Å². The second kappa shape index (κ2) is 9.87. The van der Waals surface area contributed by atoms with Crippen LogP contribution >= 0.6 is 0 Å². The molecule has 2 aromatic carbocycles. The summed E-state index contributed by atoms with van der Waals surface area (Å²) < 4.78 is 10.7. The predicted octanol–water partition coefficient (Wildman–Crippen LogP) is 4.27. The van der Waals surface area contributed by atoms with Gasteiger partial charge in [0.15, 0.2) is 18.5 Å². The minimum Gasteiger partial charge on any atom is -0.482 e. The molecule has 154 valence electrons. The lowest BCUT2D eigenvalue weighted by atomic mass is 10.0. The number of carbonyl (C=O) groups excluding carboxylic acids is 3. The summed E-state index contributed by atoms with van der Waals surface area (Å²) in [6, 6.07) is 12.4. The first-order chi connectivity index (χ1) is 13.7. The Morgan fingerprint density at radius 3 is 2.24 bits per heavy atom. The van der Waals surface area contributed by atoms with E-state index >= 15 is 0 Å². The van der Waals surface area contributed by atoms with Crippen LogP contribution in [0.15, 0.2) is 42.5 Å². The molecule has 2 rings (SSSR count). The van der Waals surface area contributed by atoms with Gasteiger partial charge in [-0.3, -0.25) is 9.59 Å². The van der Waals surface area contributed by atoms with Crippen LogP contribution in [0, 0.1) is 6.92 Å². The highest BCUT2D eigenvalue weighted by atomic mass is 16.6. The molecular weight excluding hydrogens is 370 g/mol. The van der Waals surface area contributed by atoms with Crippen molar-refractivity contribution in [1.82, 2.24) is 0 Å². The number of amides is 1. The van der Waals surface area contributed by atoms with Gasteiger partial charge in [-0.2, -0.15) is 0 Å². The lowest BCUT2D eigenvalue weighted by Gasteiger charge is -2.15. The van der Waals surface area contributed by atoms with Crippen molar-refractivity contribution in [3.05, 3.63) is 59.2 Å². The highest BCUT2D eigenvalue weighted by Crippen LogP contribution is 2.24. The molecule has 0 fully saturated rings. The molecule has 0 aliphatic heterocycles. The third-order valence-corrected chi connectivity index (χ3v) is 4.46. The van der Waals surface area contributed by atoms with Gasteiger partial charge in [-0.1, -0.05) is 26.0 Å². The zero-order chi connectivity index (χ0) is 21.6. The van der Waals surface area contributed by atoms with E-state index < -0.39 is 18.0 Å². The van der Waals surface area contributed by atoms with Crippen LogP contribution in [0.1, 0.15) is 55.1 Å². The fourth-order valence-electron chi connectivity index (χ4n) is 2.58. The minimum atomic E-state index is -0.985. The van der Waals surface area contributed by atoms with Crippen molar-refractivity contribution in [2.45, 2.75) is 46.6 Å². The summed E-state index contributed by atoms with van der Waals surface area (Å²) in [5.41, 5.74) is 3.10. The average molecular weight is 397 g/mol. The summed E-state index contributed by atoms with van der Waals surface area (Å²) in [6.07, 6.45) is -0.985. The fraction of sp³-hybridized carbons (Fsp3) is 0.348. The lowest BCUT2D eigenvalue weighted by Crippen LogP contribution is -2.31. The molecule has 1 N–H and O–H groups in total. The van der Waals surface area contributed by atoms with Crippen LogP contribution in [0.3, 0.4) is 0 Å². The summed E-state index contributed by atoms with van der Waals surface area (Å²) in [7, 11) is 0. The summed E-state index contributed by atoms with van der Waals surface area (Å²) in [5, 5.41) is 2.65. The van der Waals surface area contributed by atoms with Gasteiger partial charge in [0, 0.05) is 11.3 Å². The van der Waals surface area contributed by atoms with Gasteiger partial charge in [0.2, 0.25) is 0 Å². The summed E-state index contributed by atoms with van der Waals surface area (Å²) in [6.45, 7) is 8.73. The molecule has 0 radical (unpaired) electrons. The van der Waals surface area contributed by atoms with E-state index in [1.165, 1.54) is 13.8 Å². The zero-order valence-corrected chi connectivity index (χ0v) is 17.4. The maximum atomic E-state index is 12.2. The highest BCUT2D eigenvalue weighted by molar-refractivity contribution is 5.97. The second-order valence-electron chi connectivity index (χ2n) is 7.22. The Hall–Kier alpha value is -3.15. The van der Waals surface area contributed by atoms with Gasteiger partial charge in [-0.05, 0) is 68.1 Å². The number of Topliss-reactive ketones (excluding diaryl/α,β-unsaturated/α-hetero) is 1. The molecule has 6 heteroatoms. The van der Waals surface area contributed by atoms with E-state index in [-0.39, 0.29) is 12.4 Å². The quantitative estimate of drug-likeness (QED) is 0.531. The van der Waals surface area contributed by atoms with E-state index in [9.17, 15) is 14.4 Å². The van der Waals surface area contributed by atoms with Gasteiger partial charge in [-0.15, -0.1) is 0 Å². The van der Waals surface area contributed by atoms with Gasteiger partial charge in [-0.25, -0.2) is 4.79 Å². The van der Waals surface area contributed by atoms with Crippen LogP contribution in [-0.4, -0.2) is 30.4 Å². The van der Waals surface area contributed by atoms with Crippen molar-refractivity contribution >= 4 is 23.3 Å². The van der Waals surface area contributed by atoms with Crippen LogP contribution < -0.4 is 10.1 Å². The number of ketones is 1. The number of nitrogens with one attached hydrogen (secondary N) is 1. The van der Waals surface area contributed by atoms with E-state index in [2.05, 4.69) is 19.2 Å². The van der Waals surface area contributed by atoms with Crippen LogP contribution in [-0.2, 0) is 14.3 Å². The van der Waals surface area contributed by atoms with Gasteiger partial charge in [0.25, 0.3) is 5.91 Å². The molecule has 0 unspecified atom stereocenters. The normalized spacial score (nSPS) is 11.7. The number of esters is 1. The maximum Gasteiger partial charge on any atom is 0.344 e. The number of anilines is 1. The van der Waals surface area contributed by atoms with Crippen molar-refractivity contribution in [3.8, 4) is 5.75 Å². The van der Waals surface area contributed by atoms with Crippen molar-refractivity contribution in [1.29, 1.82) is 0 Å². The molecule has 6 nitrogen and oxygen atoms in total. The Morgan fingerprint density at radius 1 is 1.00 bits per heavy atom. The average Bonchev–Trinajstić information content (AvgIpc) is 2.67. The molecule has 0 heterocycles. The van der Waals surface area contributed by atoms with Gasteiger partial charge in [0.1, 0.15) is 5.75 Å². The lowest BCUT2D eigenvalue weighted by molar-refractivity contribution is -0.155. The molecule has 0 aliphatic rings. The largest absolute Gasteiger partial charge is 0.482 e. The van der Waals surface area contributed by atoms with E-state index in [1.54, 1.807) is 24.3 Å². The predicted molar refractivity (Wildman–Crippen MR) is 111 cm³/mol. The van der Waals surface area contributed by atoms with E-state index in [0.717, 1.165) is 11.1 Å². The Morgan fingerprint density at radius 2 is 1.66 bits per heavy atom. The molecule has 1 atom stereocenters. The Labute approximate surface area is 171 Å². The van der Waals surface area contributed by atoms with Crippen molar-refractivity contribution in [2.24, 2.45) is 0 Å². The molecule has 0 bridgehead atoms. The molecular formula is C23H27NO5. The molecule has 0 saturated carbocycles. The molecule has 0 aromatic heterocycles. The number of aryl methyl sites for hydroxylation is 1. The number of ether oxygens (including phenoxy) is 2. The molecule has 0 spiro atoms. The number of hydrogen-bond donors (Lipinski definition) is 1. The Kier molecular flexibility index (Phi) is 7.53. The molecule has 29 heavy (non-hydrogen) atoms. The molecule has 0 aliphatic carbocycles. The Balaban J connectivity index is 1.87. The SMILES string of the molecule is CC(=O)c1ccc(NC(=O)[C@@H](C)OC(=O)COc2cc(C(C)C)ccc2C)cc1.